The van der Waals surface area contributed by atoms with Gasteiger partial charge in [0.05, 0.1) is 0 Å². The van der Waals surface area contributed by atoms with Gasteiger partial charge in [-0.15, -0.1) is 0 Å². The molecule has 0 radical (unpaired) electrons. The van der Waals surface area contributed by atoms with Crippen LogP contribution in [0, 0.1) is 12.7 Å². The normalized spacial score (nSPS) is 19.5. The molecule has 2 N–H and O–H groups in total. The van der Waals surface area contributed by atoms with Crippen molar-refractivity contribution in [1.82, 2.24) is 20.1 Å². The molecule has 1 saturated heterocycles. The number of fused-ring (bicyclic) bond motifs is 1. The molecule has 0 unspecified atom stereocenters. The summed E-state index contributed by atoms with van der Waals surface area (Å²) in [6.07, 6.45) is 4.22. The Morgan fingerprint density at radius 2 is 2.26 bits per heavy atom. The van der Waals surface area contributed by atoms with Crippen molar-refractivity contribution in [2.24, 2.45) is 0 Å². The van der Waals surface area contributed by atoms with E-state index < -0.39 is 0 Å². The molecule has 23 heavy (non-hydrogen) atoms. The molecule has 5 heteroatoms. The van der Waals surface area contributed by atoms with Crippen LogP contribution < -0.4 is 0 Å². The van der Waals surface area contributed by atoms with Crippen molar-refractivity contribution < 1.29 is 4.39 Å². The van der Waals surface area contributed by atoms with Crippen LogP contribution in [0.4, 0.5) is 4.39 Å². The highest BCUT2D eigenvalue weighted by atomic mass is 19.1. The average Bonchev–Trinajstić information content (AvgIpc) is 3.18. The Hall–Kier alpha value is -2.14. The van der Waals surface area contributed by atoms with E-state index in [1.165, 1.54) is 30.3 Å². The number of nitrogens with one attached hydrogen (secondary N) is 2. The van der Waals surface area contributed by atoms with E-state index in [2.05, 4.69) is 33.1 Å². The number of nitrogens with zero attached hydrogens (tertiary/aromatic N) is 2. The van der Waals surface area contributed by atoms with Crippen molar-refractivity contribution in [3.8, 4) is 0 Å². The summed E-state index contributed by atoms with van der Waals surface area (Å²) in [5.74, 6) is 0.344. The molecule has 1 aliphatic heterocycles. The molecule has 0 spiro atoms. The van der Waals surface area contributed by atoms with Crippen LogP contribution >= 0.6 is 0 Å². The molecule has 2 aromatic heterocycles. The van der Waals surface area contributed by atoms with E-state index in [-0.39, 0.29) is 5.82 Å². The van der Waals surface area contributed by atoms with Crippen molar-refractivity contribution in [3.05, 3.63) is 53.2 Å². The predicted molar refractivity (Wildman–Crippen MR) is 88.8 cm³/mol. The molecule has 1 aromatic carbocycles. The number of aromatic nitrogens is 3. The average molecular weight is 312 g/mol. The zero-order valence-corrected chi connectivity index (χ0v) is 13.3. The first kappa shape index (κ1) is 14.5. The largest absolute Gasteiger partial charge is 0.357 e. The van der Waals surface area contributed by atoms with Crippen LogP contribution in [0.15, 0.2) is 30.5 Å². The summed E-state index contributed by atoms with van der Waals surface area (Å²) < 4.78 is 13.5. The van der Waals surface area contributed by atoms with E-state index in [9.17, 15) is 4.39 Å². The Kier molecular flexibility index (Phi) is 3.65. The zero-order valence-electron chi connectivity index (χ0n) is 13.3. The summed E-state index contributed by atoms with van der Waals surface area (Å²) >= 11 is 0. The van der Waals surface area contributed by atoms with Gasteiger partial charge < -0.3 is 4.98 Å². The van der Waals surface area contributed by atoms with Crippen LogP contribution in [-0.4, -0.2) is 33.2 Å². The third-order valence-electron chi connectivity index (χ3n) is 4.97. The maximum absolute atomic E-state index is 13.5. The molecule has 0 aliphatic carbocycles. The lowest BCUT2D eigenvalue weighted by molar-refractivity contribution is 0.196. The fourth-order valence-corrected chi connectivity index (χ4v) is 3.68. The van der Waals surface area contributed by atoms with Gasteiger partial charge in [0, 0.05) is 47.5 Å². The lowest BCUT2D eigenvalue weighted by Crippen LogP contribution is -2.34. The van der Waals surface area contributed by atoms with E-state index in [1.807, 2.05) is 12.3 Å². The highest BCUT2D eigenvalue weighted by molar-refractivity contribution is 5.84. The number of hydrogen-bond acceptors (Lipinski definition) is 2. The molecule has 1 aliphatic rings. The third-order valence-corrected chi connectivity index (χ3v) is 4.97. The number of H-pyrrole nitrogens is 2. The Morgan fingerprint density at radius 1 is 1.35 bits per heavy atom. The third kappa shape index (κ3) is 2.77. The molecule has 120 valence electrons. The predicted octanol–water partition coefficient (Wildman–Crippen LogP) is 3.72. The van der Waals surface area contributed by atoms with Gasteiger partial charge in [-0.2, -0.15) is 5.10 Å². The number of rotatable bonds is 3. The van der Waals surface area contributed by atoms with E-state index >= 15 is 0 Å². The summed E-state index contributed by atoms with van der Waals surface area (Å²) in [5.41, 5.74) is 4.59. The second kappa shape index (κ2) is 5.81. The molecule has 1 atom stereocenters. The lowest BCUT2D eigenvalue weighted by Gasteiger charge is -2.32. The van der Waals surface area contributed by atoms with Crippen molar-refractivity contribution in [2.45, 2.75) is 32.2 Å². The van der Waals surface area contributed by atoms with Crippen LogP contribution in [0.3, 0.4) is 0 Å². The molecule has 0 amide bonds. The van der Waals surface area contributed by atoms with Crippen LogP contribution in [0.1, 0.15) is 35.7 Å². The van der Waals surface area contributed by atoms with Crippen molar-refractivity contribution in [1.29, 1.82) is 0 Å². The number of hydrogen-bond donors (Lipinski definition) is 2. The van der Waals surface area contributed by atoms with Crippen LogP contribution in [-0.2, 0) is 6.54 Å². The molecule has 0 saturated carbocycles. The summed E-state index contributed by atoms with van der Waals surface area (Å²) in [4.78, 5) is 5.93. The standard InChI is InChI=1S/C18H21FN4/c1-12-15-9-14(19)4-5-17(15)21-18(12)11-23-8-2-3-13(10-23)16-6-7-20-22-16/h4-7,9,13,21H,2-3,8,10-11H2,1H3,(H,20,22)/t13-/m1/s1. The van der Waals surface area contributed by atoms with Crippen LogP contribution in [0.25, 0.3) is 10.9 Å². The van der Waals surface area contributed by atoms with Gasteiger partial charge in [-0.05, 0) is 56.1 Å². The fraction of sp³-hybridized carbons (Fsp3) is 0.389. The van der Waals surface area contributed by atoms with Gasteiger partial charge >= 0.3 is 0 Å². The first-order chi connectivity index (χ1) is 11.2. The minimum absolute atomic E-state index is 0.177. The summed E-state index contributed by atoms with van der Waals surface area (Å²) in [6.45, 7) is 5.09. The molecule has 3 aromatic rings. The number of aromatic amines is 2. The van der Waals surface area contributed by atoms with E-state index in [0.29, 0.717) is 5.92 Å². The van der Waals surface area contributed by atoms with Gasteiger partial charge in [0.25, 0.3) is 0 Å². The van der Waals surface area contributed by atoms with Gasteiger partial charge in [-0.1, -0.05) is 0 Å². The Labute approximate surface area is 134 Å². The topological polar surface area (TPSA) is 47.7 Å². The second-order valence-corrected chi connectivity index (χ2v) is 6.50. The molecular weight excluding hydrogens is 291 g/mol. The first-order valence-corrected chi connectivity index (χ1v) is 8.19. The maximum atomic E-state index is 13.5. The minimum Gasteiger partial charge on any atom is -0.357 e. The van der Waals surface area contributed by atoms with Crippen molar-refractivity contribution >= 4 is 10.9 Å². The molecule has 1 fully saturated rings. The maximum Gasteiger partial charge on any atom is 0.123 e. The van der Waals surface area contributed by atoms with E-state index in [0.717, 1.165) is 36.1 Å². The Morgan fingerprint density at radius 3 is 3.09 bits per heavy atom. The monoisotopic (exact) mass is 312 g/mol. The first-order valence-electron chi connectivity index (χ1n) is 8.19. The quantitative estimate of drug-likeness (QED) is 0.774. The van der Waals surface area contributed by atoms with Gasteiger partial charge in [0.1, 0.15) is 5.82 Å². The highest BCUT2D eigenvalue weighted by Crippen LogP contribution is 2.28. The number of benzene rings is 1. The number of piperidine rings is 1. The molecule has 4 rings (SSSR count). The molecule has 3 heterocycles. The SMILES string of the molecule is Cc1c(CN2CCC[C@@H](c3ccn[nH]3)C2)[nH]c2ccc(F)cc12. The second-order valence-electron chi connectivity index (χ2n) is 6.50. The van der Waals surface area contributed by atoms with Gasteiger partial charge in [-0.3, -0.25) is 10.00 Å². The van der Waals surface area contributed by atoms with Crippen molar-refractivity contribution in [2.75, 3.05) is 13.1 Å². The van der Waals surface area contributed by atoms with Crippen molar-refractivity contribution in [3.63, 3.8) is 0 Å². The van der Waals surface area contributed by atoms with E-state index in [1.54, 1.807) is 6.07 Å². The van der Waals surface area contributed by atoms with Gasteiger partial charge in [0.2, 0.25) is 0 Å². The van der Waals surface area contributed by atoms with Crippen LogP contribution in [0.2, 0.25) is 0 Å². The van der Waals surface area contributed by atoms with Gasteiger partial charge in [0.15, 0.2) is 0 Å². The number of aryl methyl sites for hydroxylation is 1. The summed E-state index contributed by atoms with van der Waals surface area (Å²) in [7, 11) is 0. The summed E-state index contributed by atoms with van der Waals surface area (Å²) in [6, 6.07) is 7.03. The smallest absolute Gasteiger partial charge is 0.123 e. The minimum atomic E-state index is -0.177. The van der Waals surface area contributed by atoms with Crippen LogP contribution in [0.5, 0.6) is 0 Å². The Balaban J connectivity index is 1.54. The lowest BCUT2D eigenvalue weighted by atomic mass is 9.95. The number of likely N-dealkylation sites (tertiary alicyclic amines) is 1. The highest BCUT2D eigenvalue weighted by Gasteiger charge is 2.23. The fourth-order valence-electron chi connectivity index (χ4n) is 3.68. The molecular formula is C18H21FN4. The van der Waals surface area contributed by atoms with Gasteiger partial charge in [-0.25, -0.2) is 4.39 Å². The molecule has 0 bridgehead atoms. The molecule has 4 nitrogen and oxygen atoms in total. The zero-order chi connectivity index (χ0) is 15.8. The Bertz CT molecular complexity index is 806. The number of halogens is 1. The van der Waals surface area contributed by atoms with E-state index in [4.69, 9.17) is 0 Å². The summed E-state index contributed by atoms with van der Waals surface area (Å²) in [5, 5.41) is 8.16.